The molecular weight excluding hydrogens is 404 g/mol. The van der Waals surface area contributed by atoms with Gasteiger partial charge in [0, 0.05) is 30.4 Å². The molecule has 4 rings (SSSR count). The molecule has 1 aromatic carbocycles. The largest absolute Gasteiger partial charge is 0.465 e. The molecule has 2 aromatic heterocycles. The average Bonchev–Trinajstić information content (AvgIpc) is 3.54. The number of amides is 1. The fraction of sp³-hybridized carbons (Fsp3) is 0.560. The number of nitrogens with zero attached hydrogens (tertiary/aromatic N) is 4. The molecule has 1 amide bonds. The van der Waals surface area contributed by atoms with Crippen LogP contribution in [0.4, 0.5) is 4.79 Å². The zero-order valence-electron chi connectivity index (χ0n) is 19.0. The predicted molar refractivity (Wildman–Crippen MR) is 125 cm³/mol. The third-order valence-corrected chi connectivity index (χ3v) is 6.51. The van der Waals surface area contributed by atoms with Gasteiger partial charge in [0.05, 0.1) is 0 Å². The Labute approximate surface area is 189 Å². The van der Waals surface area contributed by atoms with E-state index in [0.29, 0.717) is 24.7 Å². The van der Waals surface area contributed by atoms with E-state index in [2.05, 4.69) is 46.0 Å². The van der Waals surface area contributed by atoms with Crippen molar-refractivity contribution in [3.05, 3.63) is 36.4 Å². The number of carbonyl (C=O) groups is 1. The summed E-state index contributed by atoms with van der Waals surface area (Å²) >= 11 is 0. The molecule has 7 nitrogen and oxygen atoms in total. The Balaban J connectivity index is 1.39. The number of likely N-dealkylation sites (tertiary alicyclic amines) is 1. The lowest BCUT2D eigenvalue weighted by Crippen LogP contribution is -2.28. The second-order valence-electron chi connectivity index (χ2n) is 8.85. The van der Waals surface area contributed by atoms with Crippen LogP contribution in [0.25, 0.3) is 22.3 Å². The molecule has 0 aliphatic carbocycles. The normalized spacial score (nSPS) is 16.3. The van der Waals surface area contributed by atoms with Gasteiger partial charge in [-0.3, -0.25) is 4.90 Å². The van der Waals surface area contributed by atoms with E-state index in [4.69, 9.17) is 4.52 Å². The van der Waals surface area contributed by atoms with Crippen molar-refractivity contribution < 1.29 is 14.4 Å². The average molecular weight is 439 g/mol. The zero-order valence-corrected chi connectivity index (χ0v) is 19.0. The van der Waals surface area contributed by atoms with E-state index in [0.717, 1.165) is 18.5 Å². The third kappa shape index (κ3) is 5.14. The highest BCUT2D eigenvalue weighted by molar-refractivity contribution is 5.84. The zero-order chi connectivity index (χ0) is 22.3. The van der Waals surface area contributed by atoms with Crippen LogP contribution in [-0.4, -0.2) is 37.4 Å². The molecule has 0 unspecified atom stereocenters. The molecule has 1 aliphatic rings. The summed E-state index contributed by atoms with van der Waals surface area (Å²) in [6.07, 6.45) is 13.2. The highest BCUT2D eigenvalue weighted by atomic mass is 16.5. The Kier molecular flexibility index (Phi) is 7.45. The van der Waals surface area contributed by atoms with E-state index in [1.165, 1.54) is 67.2 Å². The van der Waals surface area contributed by atoms with Crippen molar-refractivity contribution in [2.24, 2.45) is 0 Å². The van der Waals surface area contributed by atoms with Gasteiger partial charge in [0.2, 0.25) is 11.7 Å². The first-order chi connectivity index (χ1) is 15.7. The number of benzene rings is 1. The molecule has 7 heteroatoms. The highest BCUT2D eigenvalue weighted by Gasteiger charge is 2.34. The van der Waals surface area contributed by atoms with Crippen molar-refractivity contribution in [1.82, 2.24) is 19.6 Å². The maximum absolute atomic E-state index is 11.4. The van der Waals surface area contributed by atoms with E-state index < -0.39 is 6.09 Å². The van der Waals surface area contributed by atoms with Crippen molar-refractivity contribution in [2.45, 2.75) is 83.7 Å². The fourth-order valence-corrected chi connectivity index (χ4v) is 4.67. The molecule has 1 saturated heterocycles. The summed E-state index contributed by atoms with van der Waals surface area (Å²) in [7, 11) is 0. The van der Waals surface area contributed by atoms with Crippen molar-refractivity contribution in [3.8, 4) is 11.4 Å². The van der Waals surface area contributed by atoms with E-state index in [1.54, 1.807) is 0 Å². The summed E-state index contributed by atoms with van der Waals surface area (Å²) in [6, 6.07) is 8.00. The SMILES string of the molecule is CCCCCCCCCCn1ccc2ccc(-c3noc([C@@H]4CCCN4C(=O)O)n3)cc21. The molecule has 0 radical (unpaired) electrons. The lowest BCUT2D eigenvalue weighted by atomic mass is 10.1. The van der Waals surface area contributed by atoms with Gasteiger partial charge in [0.1, 0.15) is 6.04 Å². The molecule has 0 bridgehead atoms. The molecule has 3 heterocycles. The number of fused-ring (bicyclic) bond motifs is 1. The molecular formula is C25H34N4O3. The first kappa shape index (κ1) is 22.4. The highest BCUT2D eigenvalue weighted by Crippen LogP contribution is 2.32. The van der Waals surface area contributed by atoms with Crippen LogP contribution in [0.3, 0.4) is 0 Å². The summed E-state index contributed by atoms with van der Waals surface area (Å²) in [5.41, 5.74) is 2.06. The first-order valence-electron chi connectivity index (χ1n) is 12.1. The van der Waals surface area contributed by atoms with Crippen LogP contribution < -0.4 is 0 Å². The van der Waals surface area contributed by atoms with Crippen LogP contribution in [0, 0.1) is 0 Å². The molecule has 3 aromatic rings. The number of unbranched alkanes of at least 4 members (excludes halogenated alkanes) is 7. The van der Waals surface area contributed by atoms with Gasteiger partial charge in [0.15, 0.2) is 0 Å². The van der Waals surface area contributed by atoms with E-state index in [9.17, 15) is 9.90 Å². The summed E-state index contributed by atoms with van der Waals surface area (Å²) in [5.74, 6) is 0.897. The number of rotatable bonds is 11. The molecule has 0 saturated carbocycles. The Hall–Kier alpha value is -2.83. The van der Waals surface area contributed by atoms with E-state index in [-0.39, 0.29) is 6.04 Å². The predicted octanol–water partition coefficient (Wildman–Crippen LogP) is 6.65. The lowest BCUT2D eigenvalue weighted by Gasteiger charge is -2.17. The number of hydrogen-bond donors (Lipinski definition) is 1. The molecule has 1 N–H and O–H groups in total. The van der Waals surface area contributed by atoms with Crippen LogP contribution in [0.1, 0.15) is 83.1 Å². The maximum Gasteiger partial charge on any atom is 0.407 e. The molecule has 0 spiro atoms. The van der Waals surface area contributed by atoms with Gasteiger partial charge in [-0.1, -0.05) is 69.2 Å². The second kappa shape index (κ2) is 10.7. The number of hydrogen-bond acceptors (Lipinski definition) is 4. The first-order valence-corrected chi connectivity index (χ1v) is 12.1. The standard InChI is InChI=1S/C25H34N4O3/c1-2-3-4-5-6-7-8-9-15-28-17-14-19-12-13-20(18-22(19)28)23-26-24(32-27-23)21-11-10-16-29(21)25(30)31/h12-14,17-18,21H,2-11,15-16H2,1H3,(H,30,31)/t21-/m0/s1. The lowest BCUT2D eigenvalue weighted by molar-refractivity contribution is 0.131. The Morgan fingerprint density at radius 3 is 2.69 bits per heavy atom. The van der Waals surface area contributed by atoms with Gasteiger partial charge >= 0.3 is 6.09 Å². The topological polar surface area (TPSA) is 84.4 Å². The van der Waals surface area contributed by atoms with Crippen LogP contribution in [0.5, 0.6) is 0 Å². The Morgan fingerprint density at radius 1 is 1.12 bits per heavy atom. The Bertz CT molecular complexity index is 1030. The van der Waals surface area contributed by atoms with E-state index >= 15 is 0 Å². The van der Waals surface area contributed by atoms with Crippen LogP contribution in [0.2, 0.25) is 0 Å². The van der Waals surface area contributed by atoms with Crippen LogP contribution >= 0.6 is 0 Å². The maximum atomic E-state index is 11.4. The van der Waals surface area contributed by atoms with Crippen molar-refractivity contribution >= 4 is 17.0 Å². The fourth-order valence-electron chi connectivity index (χ4n) is 4.67. The molecule has 1 fully saturated rings. The smallest absolute Gasteiger partial charge is 0.407 e. The van der Waals surface area contributed by atoms with Gasteiger partial charge in [0.25, 0.3) is 0 Å². The monoisotopic (exact) mass is 438 g/mol. The second-order valence-corrected chi connectivity index (χ2v) is 8.85. The molecule has 172 valence electrons. The van der Waals surface area contributed by atoms with Crippen LogP contribution in [-0.2, 0) is 6.54 Å². The number of aryl methyl sites for hydroxylation is 1. The van der Waals surface area contributed by atoms with Crippen LogP contribution in [0.15, 0.2) is 35.0 Å². The summed E-state index contributed by atoms with van der Waals surface area (Å²) in [5, 5.41) is 14.7. The molecule has 1 atom stereocenters. The Morgan fingerprint density at radius 2 is 1.91 bits per heavy atom. The van der Waals surface area contributed by atoms with Crippen molar-refractivity contribution in [2.75, 3.05) is 6.54 Å². The van der Waals surface area contributed by atoms with E-state index in [1.807, 2.05) is 6.07 Å². The van der Waals surface area contributed by atoms with Crippen molar-refractivity contribution in [3.63, 3.8) is 0 Å². The van der Waals surface area contributed by atoms with Gasteiger partial charge in [-0.25, -0.2) is 4.79 Å². The summed E-state index contributed by atoms with van der Waals surface area (Å²) in [4.78, 5) is 17.4. The van der Waals surface area contributed by atoms with Crippen molar-refractivity contribution in [1.29, 1.82) is 0 Å². The molecule has 32 heavy (non-hydrogen) atoms. The summed E-state index contributed by atoms with van der Waals surface area (Å²) < 4.78 is 7.77. The van der Waals surface area contributed by atoms with Gasteiger partial charge < -0.3 is 14.2 Å². The number of carboxylic acid groups (broad SMARTS) is 1. The quantitative estimate of drug-likeness (QED) is 0.339. The minimum atomic E-state index is -0.938. The number of aromatic nitrogens is 3. The van der Waals surface area contributed by atoms with Gasteiger partial charge in [-0.2, -0.15) is 4.98 Å². The minimum absolute atomic E-state index is 0.344. The van der Waals surface area contributed by atoms with Gasteiger partial charge in [-0.15, -0.1) is 0 Å². The third-order valence-electron chi connectivity index (χ3n) is 6.51. The molecule has 1 aliphatic heterocycles. The van der Waals surface area contributed by atoms with Gasteiger partial charge in [-0.05, 0) is 36.8 Å². The minimum Gasteiger partial charge on any atom is -0.465 e. The summed E-state index contributed by atoms with van der Waals surface area (Å²) in [6.45, 7) is 3.78.